The molecule has 2 aromatic carbocycles. The van der Waals surface area contributed by atoms with Crippen LogP contribution in [0.1, 0.15) is 104 Å². The van der Waals surface area contributed by atoms with Crippen LogP contribution in [-0.2, 0) is 71.0 Å². The van der Waals surface area contributed by atoms with Gasteiger partial charge in [0.05, 0.1) is 51.6 Å². The molecule has 4 aliphatic heterocycles. The number of ketones is 2. The highest BCUT2D eigenvalue weighted by atomic mass is 35.5. The first-order valence-corrected chi connectivity index (χ1v) is 35.5. The summed E-state index contributed by atoms with van der Waals surface area (Å²) in [6.07, 6.45) is -1.46. The Bertz CT molecular complexity index is 2520. The third-order valence-electron chi connectivity index (χ3n) is 14.7. The number of carbonyl (C=O) groups excluding carboxylic acids is 5. The Balaban J connectivity index is 0.00000111. The summed E-state index contributed by atoms with van der Waals surface area (Å²) < 4.78 is 109. The van der Waals surface area contributed by atoms with Crippen molar-refractivity contribution in [1.29, 1.82) is 0 Å². The summed E-state index contributed by atoms with van der Waals surface area (Å²) in [5.74, 6) is 3.40. The van der Waals surface area contributed by atoms with Gasteiger partial charge in [-0.3, -0.25) is 34.6 Å². The lowest BCUT2D eigenvalue weighted by atomic mass is 9.79. The average molecular weight is 1380 g/mol. The highest BCUT2D eigenvalue weighted by Crippen LogP contribution is 2.38. The molecule has 6 rings (SSSR count). The third-order valence-corrected chi connectivity index (χ3v) is 18.7. The monoisotopic (exact) mass is 1380 g/mol. The number of alkyl halides is 5. The Hall–Kier alpha value is -4.28. The van der Waals surface area contributed by atoms with E-state index in [1.807, 2.05) is 43.3 Å². The van der Waals surface area contributed by atoms with E-state index in [1.165, 1.54) is 40.4 Å². The summed E-state index contributed by atoms with van der Waals surface area (Å²) in [5, 5.41) is 21.3. The molecule has 0 aliphatic carbocycles. The minimum Gasteiger partial charge on any atom is -0.463 e. The van der Waals surface area contributed by atoms with Crippen LogP contribution in [0.3, 0.4) is 0 Å². The van der Waals surface area contributed by atoms with Crippen molar-refractivity contribution in [3.8, 4) is 0 Å². The largest absolute Gasteiger partial charge is 0.522 e. The molecule has 24 nitrogen and oxygen atoms in total. The van der Waals surface area contributed by atoms with E-state index in [2.05, 4.69) is 80.6 Å². The molecule has 4 aliphatic rings. The number of aliphatic hydroxyl groups excluding tert-OH is 2. The predicted octanol–water partition coefficient (Wildman–Crippen LogP) is 7.56. The molecule has 8 N–H and O–H groups in total. The molecular formula is C60H100Cl2F3N5O19SSi. The summed E-state index contributed by atoms with van der Waals surface area (Å²) >= 11 is 10.1. The lowest BCUT2D eigenvalue weighted by Gasteiger charge is -2.43. The number of halogens is 5. The van der Waals surface area contributed by atoms with Crippen LogP contribution in [-0.4, -0.2) is 183 Å². The molecule has 0 amide bonds. The van der Waals surface area contributed by atoms with Gasteiger partial charge in [0.15, 0.2) is 30.0 Å². The molecule has 524 valence electrons. The molecule has 3 fully saturated rings. The molecule has 3 saturated heterocycles. The molecule has 0 bridgehead atoms. The van der Waals surface area contributed by atoms with Crippen LogP contribution < -0.4 is 22.1 Å². The van der Waals surface area contributed by atoms with E-state index in [-0.39, 0.29) is 150 Å². The van der Waals surface area contributed by atoms with Crippen LogP contribution >= 0.6 is 23.2 Å². The zero-order valence-electron chi connectivity index (χ0n) is 54.9. The molecule has 4 heterocycles. The van der Waals surface area contributed by atoms with Gasteiger partial charge >= 0.3 is 33.5 Å². The Morgan fingerprint density at radius 1 is 0.615 bits per heavy atom. The maximum atomic E-state index is 12.1. The van der Waals surface area contributed by atoms with Crippen LogP contribution in [0.15, 0.2) is 65.7 Å². The normalized spacial score (nSPS) is 26.5. The first-order valence-electron chi connectivity index (χ1n) is 29.6. The van der Waals surface area contributed by atoms with E-state index >= 15 is 0 Å². The van der Waals surface area contributed by atoms with Gasteiger partial charge in [-0.15, -0.1) is 23.2 Å². The van der Waals surface area contributed by atoms with E-state index in [4.69, 9.17) is 81.8 Å². The number of hydrogen-bond acceptors (Lipinski definition) is 24. The first-order chi connectivity index (χ1) is 42.5. The van der Waals surface area contributed by atoms with Crippen LogP contribution in [0, 0.1) is 47.3 Å². The van der Waals surface area contributed by atoms with Crippen molar-refractivity contribution in [3.63, 3.8) is 0 Å². The van der Waals surface area contributed by atoms with Crippen molar-refractivity contribution >= 4 is 77.0 Å². The summed E-state index contributed by atoms with van der Waals surface area (Å²) in [7, 11) is -8.10. The minimum absolute atomic E-state index is 0.00958. The van der Waals surface area contributed by atoms with Gasteiger partial charge < -0.3 is 68.2 Å². The molecule has 15 unspecified atom stereocenters. The zero-order valence-corrected chi connectivity index (χ0v) is 58.3. The van der Waals surface area contributed by atoms with Crippen molar-refractivity contribution < 1.29 is 102 Å². The van der Waals surface area contributed by atoms with Crippen molar-refractivity contribution in [2.75, 3.05) is 71.6 Å². The molecule has 0 radical (unpaired) electrons. The average Bonchev–Trinajstić information content (AvgIpc) is 1.81. The number of carbonyl (C=O) groups is 5. The molecule has 31 heteroatoms. The highest BCUT2D eigenvalue weighted by Gasteiger charge is 2.50. The van der Waals surface area contributed by atoms with Crippen LogP contribution in [0.2, 0.25) is 19.6 Å². The standard InChI is InChI=1S/C20H29NO5.C12H19NO4.C12H23NO4.C9H11NO2.C4H9F3O3SSi.C2H4Cl2.CH5NO/c1-13-14(2)19(11-24-16(4)22)26-20(15(13)3)25-12-21-10-18(23)17-8-6-5-7-9-17;1-6-7(2)11-12(16-8(3)13-11)17-10(6)5-15-9(4)14;1-7-8(2)11(5-15-10(4)14)17-12(9(7)3)16-6-13;11-7-10-6-9(12)8-4-2-1-3-5-8;1-12(2,3)10-11(8,9)4(5,6)7;3-1-2-4;2-1-3/h5-9,13-15,19-21H,10-12H2,1-4H3;6-7,10-12H,5H2,1-4H3;7-9,11-12H,5-6,13H2,1-4H3;1-5,10-11H,6-7H2;1-3H3;1-2H2;3H,1-2H2. The van der Waals surface area contributed by atoms with Crippen molar-refractivity contribution in [2.45, 2.75) is 151 Å². The number of fused-ring (bicyclic) bond motifs is 1. The number of rotatable bonds is 21. The fraction of sp³-hybridized carbons (Fsp3) is 0.700. The maximum absolute atomic E-state index is 12.1. The number of nitrogens with zero attached hydrogens (tertiary/aromatic N) is 1. The van der Waals surface area contributed by atoms with E-state index in [9.17, 15) is 45.6 Å². The van der Waals surface area contributed by atoms with Gasteiger partial charge in [-0.05, 0) is 55.1 Å². The Morgan fingerprint density at radius 3 is 1.33 bits per heavy atom. The second-order valence-corrected chi connectivity index (χ2v) is 29.6. The van der Waals surface area contributed by atoms with Crippen LogP contribution in [0.5, 0.6) is 0 Å². The van der Waals surface area contributed by atoms with Gasteiger partial charge in [0.2, 0.25) is 14.6 Å². The third kappa shape index (κ3) is 34.1. The van der Waals surface area contributed by atoms with Gasteiger partial charge in [0.25, 0.3) is 0 Å². The van der Waals surface area contributed by atoms with Gasteiger partial charge in [-0.2, -0.15) is 21.6 Å². The summed E-state index contributed by atoms with van der Waals surface area (Å²) in [6.45, 7) is 28.1. The highest BCUT2D eigenvalue weighted by molar-refractivity contribution is 7.88. The molecular weight excluding hydrogens is 1280 g/mol. The fourth-order valence-electron chi connectivity index (χ4n) is 8.88. The summed E-state index contributed by atoms with van der Waals surface area (Å²) in [5.41, 5.74) is 5.81. The number of Topliss-reactive ketones (excluding diaryl/α,β-unsaturated/α-hetero) is 2. The van der Waals surface area contributed by atoms with E-state index < -0.39 is 30.2 Å². The number of benzene rings is 2. The lowest BCUT2D eigenvalue weighted by molar-refractivity contribution is -0.257. The molecule has 0 saturated carbocycles. The van der Waals surface area contributed by atoms with Crippen molar-refractivity contribution in [3.05, 3.63) is 71.8 Å². The smallest absolute Gasteiger partial charge is 0.463 e. The maximum Gasteiger partial charge on any atom is 0.522 e. The SMILES string of the molecule is CC(=O)OCC1OC(OCN)C(C)C(C)C1C.CC(=O)OCC1OC(OCNCC(=O)c2ccccc2)C(C)C(C)C1C.CC(=O)OCC1OC2OC(C)=NC2C(C)C1C.C[Si](C)(C)OS(=O)(=O)C(F)(F)F.ClCCCl.NCO.O=C(CNCO)c1ccccc1. The number of aliphatic hydroxyl groups is 2. The van der Waals surface area contributed by atoms with E-state index in [0.717, 1.165) is 0 Å². The number of aliphatic imine (C=N–C) groups is 1. The van der Waals surface area contributed by atoms with Crippen molar-refractivity contribution in [2.24, 2.45) is 63.8 Å². The minimum atomic E-state index is -5.39. The summed E-state index contributed by atoms with van der Waals surface area (Å²) in [4.78, 5) is 60.4. The number of nitrogens with one attached hydrogen (secondary N) is 2. The van der Waals surface area contributed by atoms with Crippen molar-refractivity contribution in [1.82, 2.24) is 10.6 Å². The van der Waals surface area contributed by atoms with Crippen LogP contribution in [0.25, 0.3) is 0 Å². The Morgan fingerprint density at radius 2 is 0.989 bits per heavy atom. The topological polar surface area (TPSA) is 341 Å². The second kappa shape index (κ2) is 45.2. The Kier molecular flexibility index (Phi) is 43.0. The predicted molar refractivity (Wildman–Crippen MR) is 340 cm³/mol. The van der Waals surface area contributed by atoms with Crippen LogP contribution in [0.4, 0.5) is 13.2 Å². The number of nitrogens with two attached hydrogens (primary N) is 2. The fourth-order valence-corrected chi connectivity index (χ4v) is 11.9. The number of esters is 3. The van der Waals surface area contributed by atoms with E-state index in [0.29, 0.717) is 52.5 Å². The second-order valence-electron chi connectivity index (χ2n) is 22.6. The van der Waals surface area contributed by atoms with Gasteiger partial charge in [0.1, 0.15) is 32.6 Å². The van der Waals surface area contributed by atoms with E-state index in [1.54, 1.807) is 24.3 Å². The summed E-state index contributed by atoms with van der Waals surface area (Å²) in [6, 6.07) is 18.2. The van der Waals surface area contributed by atoms with Gasteiger partial charge in [0, 0.05) is 62.4 Å². The molecule has 15 atom stereocenters. The lowest BCUT2D eigenvalue weighted by Crippen LogP contribution is -2.49. The molecule has 2 aromatic rings. The molecule has 0 spiro atoms. The molecule has 91 heavy (non-hydrogen) atoms. The number of hydrogen-bond donors (Lipinski definition) is 6. The number of ether oxygens (including phenoxy) is 9. The van der Waals surface area contributed by atoms with Gasteiger partial charge in [-0.1, -0.05) is 116 Å². The first kappa shape index (κ1) is 86.7. The quantitative estimate of drug-likeness (QED) is 0.0103. The zero-order chi connectivity index (χ0) is 69.8. The Labute approximate surface area is 546 Å². The molecule has 0 aromatic heterocycles. The van der Waals surface area contributed by atoms with Gasteiger partial charge in [-0.25, -0.2) is 4.99 Å².